The number of nitrogens with zero attached hydrogens (tertiary/aromatic N) is 2. The average molecular weight is 249 g/mol. The Bertz CT molecular complexity index is 398. The van der Waals surface area contributed by atoms with Gasteiger partial charge in [-0.2, -0.15) is 0 Å². The summed E-state index contributed by atoms with van der Waals surface area (Å²) in [6.07, 6.45) is 0. The standard InChI is InChI=1S/C14H20FN3/c15-14-4-2-1-3-12(14)9-17-10-13(11-17)18-7-5-16-6-8-18/h1-4,13,16H,5-11H2. The molecule has 1 aromatic carbocycles. The number of rotatable bonds is 3. The number of piperazine rings is 1. The summed E-state index contributed by atoms with van der Waals surface area (Å²) in [5.74, 6) is -0.0804. The van der Waals surface area contributed by atoms with Crippen molar-refractivity contribution in [1.82, 2.24) is 15.1 Å². The van der Waals surface area contributed by atoms with Gasteiger partial charge in [-0.25, -0.2) is 4.39 Å². The molecule has 3 rings (SSSR count). The number of nitrogens with one attached hydrogen (secondary N) is 1. The van der Waals surface area contributed by atoms with E-state index in [-0.39, 0.29) is 5.82 Å². The quantitative estimate of drug-likeness (QED) is 0.859. The van der Waals surface area contributed by atoms with Gasteiger partial charge in [-0.3, -0.25) is 9.80 Å². The Morgan fingerprint density at radius 2 is 1.89 bits per heavy atom. The van der Waals surface area contributed by atoms with Gasteiger partial charge in [0, 0.05) is 57.4 Å². The molecule has 0 amide bonds. The molecule has 2 saturated heterocycles. The number of likely N-dealkylation sites (tertiary alicyclic amines) is 1. The highest BCUT2D eigenvalue weighted by Gasteiger charge is 2.32. The monoisotopic (exact) mass is 249 g/mol. The van der Waals surface area contributed by atoms with Gasteiger partial charge < -0.3 is 5.32 Å². The summed E-state index contributed by atoms with van der Waals surface area (Å²) in [4.78, 5) is 4.87. The summed E-state index contributed by atoms with van der Waals surface area (Å²) < 4.78 is 13.5. The zero-order chi connectivity index (χ0) is 12.4. The van der Waals surface area contributed by atoms with E-state index in [0.29, 0.717) is 6.04 Å². The van der Waals surface area contributed by atoms with E-state index in [4.69, 9.17) is 0 Å². The maximum Gasteiger partial charge on any atom is 0.127 e. The number of hydrogen-bond acceptors (Lipinski definition) is 3. The van der Waals surface area contributed by atoms with Crippen molar-refractivity contribution in [2.24, 2.45) is 0 Å². The first-order valence-electron chi connectivity index (χ1n) is 6.73. The minimum atomic E-state index is -0.0804. The molecule has 0 aromatic heterocycles. The van der Waals surface area contributed by atoms with E-state index in [2.05, 4.69) is 15.1 Å². The van der Waals surface area contributed by atoms with E-state index in [0.717, 1.165) is 51.4 Å². The van der Waals surface area contributed by atoms with Crippen LogP contribution in [0.25, 0.3) is 0 Å². The minimum Gasteiger partial charge on any atom is -0.314 e. The molecule has 0 saturated carbocycles. The Kier molecular flexibility index (Phi) is 3.59. The lowest BCUT2D eigenvalue weighted by Crippen LogP contribution is -2.62. The second-order valence-electron chi connectivity index (χ2n) is 5.23. The third-order valence-corrected chi connectivity index (χ3v) is 3.96. The van der Waals surface area contributed by atoms with Crippen molar-refractivity contribution in [2.45, 2.75) is 12.6 Å². The smallest absolute Gasteiger partial charge is 0.127 e. The van der Waals surface area contributed by atoms with Gasteiger partial charge in [-0.15, -0.1) is 0 Å². The summed E-state index contributed by atoms with van der Waals surface area (Å²) in [5, 5.41) is 3.37. The van der Waals surface area contributed by atoms with Gasteiger partial charge in [0.15, 0.2) is 0 Å². The van der Waals surface area contributed by atoms with Gasteiger partial charge in [0.1, 0.15) is 5.82 Å². The van der Waals surface area contributed by atoms with E-state index in [1.807, 2.05) is 12.1 Å². The van der Waals surface area contributed by atoms with Crippen LogP contribution in [0.15, 0.2) is 24.3 Å². The molecule has 2 aliphatic rings. The highest BCUT2D eigenvalue weighted by Crippen LogP contribution is 2.19. The highest BCUT2D eigenvalue weighted by atomic mass is 19.1. The van der Waals surface area contributed by atoms with Crippen molar-refractivity contribution in [1.29, 1.82) is 0 Å². The van der Waals surface area contributed by atoms with Crippen molar-refractivity contribution in [3.05, 3.63) is 35.6 Å². The van der Waals surface area contributed by atoms with Crippen LogP contribution in [0, 0.1) is 5.82 Å². The van der Waals surface area contributed by atoms with Crippen LogP contribution in [0.3, 0.4) is 0 Å². The summed E-state index contributed by atoms with van der Waals surface area (Å²) >= 11 is 0. The topological polar surface area (TPSA) is 18.5 Å². The van der Waals surface area contributed by atoms with E-state index in [9.17, 15) is 4.39 Å². The first kappa shape index (κ1) is 12.1. The lowest BCUT2D eigenvalue weighted by Gasteiger charge is -2.46. The second kappa shape index (κ2) is 5.34. The Morgan fingerprint density at radius 3 is 2.61 bits per heavy atom. The van der Waals surface area contributed by atoms with E-state index in [1.54, 1.807) is 12.1 Å². The molecule has 0 spiro atoms. The molecule has 1 N–H and O–H groups in total. The predicted molar refractivity (Wildman–Crippen MR) is 69.9 cm³/mol. The van der Waals surface area contributed by atoms with Crippen molar-refractivity contribution in [2.75, 3.05) is 39.3 Å². The van der Waals surface area contributed by atoms with Crippen LogP contribution in [0.2, 0.25) is 0 Å². The molecule has 0 atom stereocenters. The molecule has 3 nitrogen and oxygen atoms in total. The summed E-state index contributed by atoms with van der Waals surface area (Å²) in [6.45, 7) is 7.40. The molecule has 2 heterocycles. The largest absolute Gasteiger partial charge is 0.314 e. The second-order valence-corrected chi connectivity index (χ2v) is 5.23. The molecule has 18 heavy (non-hydrogen) atoms. The number of benzene rings is 1. The summed E-state index contributed by atoms with van der Waals surface area (Å²) in [5.41, 5.74) is 0.816. The van der Waals surface area contributed by atoms with Crippen molar-refractivity contribution < 1.29 is 4.39 Å². The van der Waals surface area contributed by atoms with Crippen LogP contribution in [0.4, 0.5) is 4.39 Å². The van der Waals surface area contributed by atoms with Gasteiger partial charge in [-0.05, 0) is 6.07 Å². The Hall–Kier alpha value is -0.970. The molecule has 98 valence electrons. The highest BCUT2D eigenvalue weighted by molar-refractivity contribution is 5.17. The molecule has 2 aliphatic heterocycles. The van der Waals surface area contributed by atoms with Gasteiger partial charge in [0.25, 0.3) is 0 Å². The fourth-order valence-electron chi connectivity index (χ4n) is 2.82. The number of hydrogen-bond donors (Lipinski definition) is 1. The van der Waals surface area contributed by atoms with Gasteiger partial charge in [-0.1, -0.05) is 18.2 Å². The maximum atomic E-state index is 13.5. The fraction of sp³-hybridized carbons (Fsp3) is 0.571. The Balaban J connectivity index is 1.49. The SMILES string of the molecule is Fc1ccccc1CN1CC(N2CCNCC2)C1. The first-order valence-corrected chi connectivity index (χ1v) is 6.73. The molecular weight excluding hydrogens is 229 g/mol. The summed E-state index contributed by atoms with van der Waals surface area (Å²) in [6, 6.07) is 7.76. The third-order valence-electron chi connectivity index (χ3n) is 3.96. The van der Waals surface area contributed by atoms with Gasteiger partial charge >= 0.3 is 0 Å². The zero-order valence-corrected chi connectivity index (χ0v) is 10.6. The van der Waals surface area contributed by atoms with E-state index >= 15 is 0 Å². The van der Waals surface area contributed by atoms with E-state index < -0.39 is 0 Å². The van der Waals surface area contributed by atoms with Crippen LogP contribution in [-0.2, 0) is 6.54 Å². The molecule has 2 fully saturated rings. The van der Waals surface area contributed by atoms with Crippen LogP contribution >= 0.6 is 0 Å². The average Bonchev–Trinajstić information content (AvgIpc) is 2.36. The first-order chi connectivity index (χ1) is 8.83. The number of halogens is 1. The normalized spacial score (nSPS) is 22.9. The lowest BCUT2D eigenvalue weighted by molar-refractivity contribution is 0.0217. The molecular formula is C14H20FN3. The van der Waals surface area contributed by atoms with Crippen molar-refractivity contribution >= 4 is 0 Å². The zero-order valence-electron chi connectivity index (χ0n) is 10.6. The summed E-state index contributed by atoms with van der Waals surface area (Å²) in [7, 11) is 0. The third kappa shape index (κ3) is 2.55. The molecule has 0 radical (unpaired) electrons. The van der Waals surface area contributed by atoms with Crippen molar-refractivity contribution in [3.63, 3.8) is 0 Å². The maximum absolute atomic E-state index is 13.5. The minimum absolute atomic E-state index is 0.0804. The van der Waals surface area contributed by atoms with E-state index in [1.165, 1.54) is 0 Å². The Labute approximate surface area is 108 Å². The van der Waals surface area contributed by atoms with Gasteiger partial charge in [0.05, 0.1) is 0 Å². The predicted octanol–water partition coefficient (Wildman–Crippen LogP) is 0.915. The Morgan fingerprint density at radius 1 is 1.17 bits per heavy atom. The van der Waals surface area contributed by atoms with Gasteiger partial charge in [0.2, 0.25) is 0 Å². The van der Waals surface area contributed by atoms with Crippen LogP contribution in [-0.4, -0.2) is 55.1 Å². The molecule has 1 aromatic rings. The lowest BCUT2D eigenvalue weighted by atomic mass is 10.0. The molecule has 0 unspecified atom stereocenters. The fourth-order valence-corrected chi connectivity index (χ4v) is 2.82. The molecule has 0 bridgehead atoms. The van der Waals surface area contributed by atoms with Crippen LogP contribution < -0.4 is 5.32 Å². The van der Waals surface area contributed by atoms with Crippen LogP contribution in [0.5, 0.6) is 0 Å². The molecule has 0 aliphatic carbocycles. The molecule has 4 heteroatoms. The van der Waals surface area contributed by atoms with Crippen molar-refractivity contribution in [3.8, 4) is 0 Å². The van der Waals surface area contributed by atoms with Crippen LogP contribution in [0.1, 0.15) is 5.56 Å².